The lowest BCUT2D eigenvalue weighted by Crippen LogP contribution is -2.27. The summed E-state index contributed by atoms with van der Waals surface area (Å²) in [6.07, 6.45) is 0.455. The molecule has 122 valence electrons. The molecule has 2 rings (SSSR count). The van der Waals surface area contributed by atoms with Crippen LogP contribution in [0.5, 0.6) is 5.75 Å². The largest absolute Gasteiger partial charge is 0.492 e. The Balaban J connectivity index is 1.86. The van der Waals surface area contributed by atoms with E-state index in [9.17, 15) is 4.79 Å². The Hall–Kier alpha value is -2.33. The van der Waals surface area contributed by atoms with E-state index in [4.69, 9.17) is 9.84 Å². The third-order valence-corrected chi connectivity index (χ3v) is 3.44. The molecular weight excluding hydrogens is 290 g/mol. The molecule has 23 heavy (non-hydrogen) atoms. The molecule has 1 atom stereocenters. The second-order valence-corrected chi connectivity index (χ2v) is 5.45. The molecule has 0 spiro atoms. The van der Waals surface area contributed by atoms with Crippen LogP contribution in [0.25, 0.3) is 11.1 Å². The highest BCUT2D eigenvalue weighted by Gasteiger charge is 2.07. The summed E-state index contributed by atoms with van der Waals surface area (Å²) in [6.45, 7) is 2.51. The van der Waals surface area contributed by atoms with Gasteiger partial charge < -0.3 is 15.2 Å². The van der Waals surface area contributed by atoms with Crippen LogP contribution in [0.1, 0.15) is 19.8 Å². The van der Waals surface area contributed by atoms with E-state index in [0.29, 0.717) is 26.0 Å². The topological polar surface area (TPSA) is 58.6 Å². The van der Waals surface area contributed by atoms with Gasteiger partial charge in [-0.25, -0.2) is 0 Å². The fourth-order valence-electron chi connectivity index (χ4n) is 2.21. The van der Waals surface area contributed by atoms with Crippen LogP contribution < -0.4 is 10.1 Å². The highest BCUT2D eigenvalue weighted by molar-refractivity contribution is 5.76. The van der Waals surface area contributed by atoms with Gasteiger partial charge in [0.25, 0.3) is 0 Å². The third-order valence-electron chi connectivity index (χ3n) is 3.44. The molecule has 0 radical (unpaired) electrons. The predicted octanol–water partition coefficient (Wildman–Crippen LogP) is 3.01. The number of hydrogen-bond acceptors (Lipinski definition) is 3. The molecule has 0 heterocycles. The van der Waals surface area contributed by atoms with E-state index in [2.05, 4.69) is 5.32 Å². The Kier molecular flexibility index (Phi) is 6.63. The van der Waals surface area contributed by atoms with Gasteiger partial charge >= 0.3 is 0 Å². The minimum atomic E-state index is -0.399. The molecule has 2 aromatic carbocycles. The van der Waals surface area contributed by atoms with Gasteiger partial charge in [0.1, 0.15) is 5.75 Å². The van der Waals surface area contributed by atoms with Crippen LogP contribution in [0.4, 0.5) is 0 Å². The van der Waals surface area contributed by atoms with Crippen molar-refractivity contribution >= 4 is 5.91 Å². The van der Waals surface area contributed by atoms with Gasteiger partial charge in [-0.3, -0.25) is 4.79 Å². The van der Waals surface area contributed by atoms with E-state index in [1.165, 1.54) is 0 Å². The number of aliphatic hydroxyl groups excluding tert-OH is 1. The SMILES string of the molecule is CC(O)CCNC(=O)CCOc1ccccc1-c1ccccc1. The van der Waals surface area contributed by atoms with Crippen LogP contribution in [0.3, 0.4) is 0 Å². The number of benzene rings is 2. The Labute approximate surface area is 137 Å². The summed E-state index contributed by atoms with van der Waals surface area (Å²) in [6, 6.07) is 17.8. The first-order valence-electron chi connectivity index (χ1n) is 7.89. The molecule has 2 aromatic rings. The standard InChI is InChI=1S/C19H23NO3/c1-15(21)11-13-20-19(22)12-14-23-18-10-6-5-9-17(18)16-7-3-2-4-8-16/h2-10,15,21H,11-14H2,1H3,(H,20,22). The summed E-state index contributed by atoms with van der Waals surface area (Å²) in [5.41, 5.74) is 2.10. The normalized spacial score (nSPS) is 11.7. The van der Waals surface area contributed by atoms with Gasteiger partial charge in [0, 0.05) is 12.1 Å². The number of hydrogen-bond donors (Lipinski definition) is 2. The monoisotopic (exact) mass is 313 g/mol. The fourth-order valence-corrected chi connectivity index (χ4v) is 2.21. The zero-order valence-corrected chi connectivity index (χ0v) is 13.4. The van der Waals surface area contributed by atoms with E-state index in [1.54, 1.807) is 6.92 Å². The van der Waals surface area contributed by atoms with Gasteiger partial charge in [0.2, 0.25) is 5.91 Å². The van der Waals surface area contributed by atoms with E-state index >= 15 is 0 Å². The lowest BCUT2D eigenvalue weighted by Gasteiger charge is -2.12. The van der Waals surface area contributed by atoms with Crippen LogP contribution in [0, 0.1) is 0 Å². The Morgan fingerprint density at radius 1 is 1.13 bits per heavy atom. The molecule has 0 saturated heterocycles. The highest BCUT2D eigenvalue weighted by Crippen LogP contribution is 2.29. The molecule has 2 N–H and O–H groups in total. The molecule has 4 heteroatoms. The zero-order chi connectivity index (χ0) is 16.5. The summed E-state index contributed by atoms with van der Waals surface area (Å²) in [5.74, 6) is 0.707. The zero-order valence-electron chi connectivity index (χ0n) is 13.4. The maximum absolute atomic E-state index is 11.7. The van der Waals surface area contributed by atoms with Crippen molar-refractivity contribution in [2.24, 2.45) is 0 Å². The molecule has 1 unspecified atom stereocenters. The summed E-state index contributed by atoms with van der Waals surface area (Å²) >= 11 is 0. The number of aliphatic hydroxyl groups is 1. The number of amides is 1. The van der Waals surface area contributed by atoms with Crippen molar-refractivity contribution < 1.29 is 14.6 Å². The van der Waals surface area contributed by atoms with Gasteiger partial charge in [-0.05, 0) is 25.0 Å². The second-order valence-electron chi connectivity index (χ2n) is 5.45. The molecule has 0 aliphatic carbocycles. The first kappa shape index (κ1) is 17.0. The number of para-hydroxylation sites is 1. The smallest absolute Gasteiger partial charge is 0.223 e. The van der Waals surface area contributed by atoms with Gasteiger partial charge in [-0.1, -0.05) is 48.5 Å². The molecule has 0 saturated carbocycles. The van der Waals surface area contributed by atoms with Crippen molar-refractivity contribution in [3.8, 4) is 16.9 Å². The lowest BCUT2D eigenvalue weighted by atomic mass is 10.1. The van der Waals surface area contributed by atoms with Crippen LogP contribution in [0.2, 0.25) is 0 Å². The van der Waals surface area contributed by atoms with Crippen molar-refractivity contribution in [1.82, 2.24) is 5.32 Å². The van der Waals surface area contributed by atoms with E-state index in [1.807, 2.05) is 54.6 Å². The summed E-state index contributed by atoms with van der Waals surface area (Å²) in [5, 5.41) is 11.9. The van der Waals surface area contributed by atoms with Gasteiger partial charge in [0.15, 0.2) is 0 Å². The first-order chi connectivity index (χ1) is 11.2. The van der Waals surface area contributed by atoms with Crippen LogP contribution in [-0.4, -0.2) is 30.3 Å². The van der Waals surface area contributed by atoms with Crippen molar-refractivity contribution in [3.63, 3.8) is 0 Å². The van der Waals surface area contributed by atoms with Crippen molar-refractivity contribution in [2.45, 2.75) is 25.9 Å². The average Bonchev–Trinajstić information content (AvgIpc) is 2.56. The Bertz CT molecular complexity index is 611. The molecule has 0 aromatic heterocycles. The molecule has 0 aliphatic rings. The Morgan fingerprint density at radius 3 is 2.57 bits per heavy atom. The molecular formula is C19H23NO3. The molecule has 0 fully saturated rings. The minimum absolute atomic E-state index is 0.0668. The highest BCUT2D eigenvalue weighted by atomic mass is 16.5. The molecule has 1 amide bonds. The number of nitrogens with one attached hydrogen (secondary N) is 1. The number of rotatable bonds is 8. The average molecular weight is 313 g/mol. The van der Waals surface area contributed by atoms with Gasteiger partial charge in [-0.2, -0.15) is 0 Å². The van der Waals surface area contributed by atoms with Crippen LogP contribution >= 0.6 is 0 Å². The maximum Gasteiger partial charge on any atom is 0.223 e. The van der Waals surface area contributed by atoms with Crippen LogP contribution in [-0.2, 0) is 4.79 Å². The van der Waals surface area contributed by atoms with Crippen molar-refractivity contribution in [2.75, 3.05) is 13.2 Å². The van der Waals surface area contributed by atoms with Crippen LogP contribution in [0.15, 0.2) is 54.6 Å². The number of carbonyl (C=O) groups excluding carboxylic acids is 1. The predicted molar refractivity (Wildman–Crippen MR) is 91.3 cm³/mol. The summed E-state index contributed by atoms with van der Waals surface area (Å²) in [7, 11) is 0. The molecule has 0 aliphatic heterocycles. The fraction of sp³-hybridized carbons (Fsp3) is 0.316. The van der Waals surface area contributed by atoms with E-state index < -0.39 is 6.10 Å². The van der Waals surface area contributed by atoms with Crippen molar-refractivity contribution in [1.29, 1.82) is 0 Å². The first-order valence-corrected chi connectivity index (χ1v) is 7.89. The van der Waals surface area contributed by atoms with Crippen molar-refractivity contribution in [3.05, 3.63) is 54.6 Å². The third kappa shape index (κ3) is 5.75. The summed E-state index contributed by atoms with van der Waals surface area (Å²) in [4.78, 5) is 11.7. The quantitative estimate of drug-likeness (QED) is 0.787. The Morgan fingerprint density at radius 2 is 1.83 bits per heavy atom. The number of ether oxygens (including phenoxy) is 1. The lowest BCUT2D eigenvalue weighted by molar-refractivity contribution is -0.121. The molecule has 4 nitrogen and oxygen atoms in total. The minimum Gasteiger partial charge on any atom is -0.492 e. The molecule has 0 bridgehead atoms. The van der Waals surface area contributed by atoms with E-state index in [-0.39, 0.29) is 5.91 Å². The van der Waals surface area contributed by atoms with Gasteiger partial charge in [0.05, 0.1) is 19.1 Å². The second kappa shape index (κ2) is 8.96. The maximum atomic E-state index is 11.7. The number of carbonyl (C=O) groups is 1. The van der Waals surface area contributed by atoms with E-state index in [0.717, 1.165) is 16.9 Å². The summed E-state index contributed by atoms with van der Waals surface area (Å²) < 4.78 is 5.78. The van der Waals surface area contributed by atoms with Gasteiger partial charge in [-0.15, -0.1) is 0 Å².